The molecular weight excluding hydrogens is 232 g/mol. The Bertz CT molecular complexity index is 467. The highest BCUT2D eigenvalue weighted by Crippen LogP contribution is 2.11. The maximum Gasteiger partial charge on any atom is 0.328 e. The van der Waals surface area contributed by atoms with Crippen molar-refractivity contribution in [3.05, 3.63) is 35.9 Å². The average Bonchev–Trinajstić information content (AvgIpc) is 2.25. The van der Waals surface area contributed by atoms with Gasteiger partial charge in [0.05, 0.1) is 0 Å². The van der Waals surface area contributed by atoms with E-state index in [1.165, 1.54) is 6.08 Å². The monoisotopic (exact) mass is 248 g/mol. The van der Waals surface area contributed by atoms with Gasteiger partial charge < -0.3 is 15.7 Å². The highest BCUT2D eigenvalue weighted by molar-refractivity contribution is 5.90. The first-order chi connectivity index (χ1) is 8.47. The Morgan fingerprint density at radius 2 is 2.06 bits per heavy atom. The zero-order valence-corrected chi connectivity index (χ0v) is 10.3. The van der Waals surface area contributed by atoms with Crippen molar-refractivity contribution in [3.8, 4) is 0 Å². The van der Waals surface area contributed by atoms with Gasteiger partial charge in [0.25, 0.3) is 0 Å². The molecule has 0 saturated heterocycles. The molecule has 0 atom stereocenters. The fraction of sp³-hybridized carbons (Fsp3) is 0.231. The number of nitrogens with one attached hydrogen (secondary N) is 2. The predicted octanol–water partition coefficient (Wildman–Crippen LogP) is 2.31. The Balaban J connectivity index is 2.70. The van der Waals surface area contributed by atoms with Crippen LogP contribution in [0, 0.1) is 0 Å². The van der Waals surface area contributed by atoms with Crippen LogP contribution in [-0.4, -0.2) is 23.1 Å². The largest absolute Gasteiger partial charge is 0.478 e. The molecule has 0 saturated carbocycles. The molecule has 2 amide bonds. The lowest BCUT2D eigenvalue weighted by Gasteiger charge is -2.10. The Morgan fingerprint density at radius 3 is 2.67 bits per heavy atom. The van der Waals surface area contributed by atoms with Crippen molar-refractivity contribution in [2.45, 2.75) is 19.9 Å². The van der Waals surface area contributed by atoms with Crippen molar-refractivity contribution >= 4 is 23.8 Å². The van der Waals surface area contributed by atoms with Crippen LogP contribution in [0.4, 0.5) is 10.5 Å². The first kappa shape index (κ1) is 13.8. The van der Waals surface area contributed by atoms with Crippen LogP contribution in [0.5, 0.6) is 0 Å². The fourth-order valence-electron chi connectivity index (χ4n) is 1.32. The van der Waals surface area contributed by atoms with E-state index in [2.05, 4.69) is 10.6 Å². The molecule has 0 fully saturated rings. The number of urea groups is 1. The average molecular weight is 248 g/mol. The van der Waals surface area contributed by atoms with E-state index in [4.69, 9.17) is 5.11 Å². The number of carboxylic acids is 1. The second kappa shape index (κ2) is 6.44. The summed E-state index contributed by atoms with van der Waals surface area (Å²) in [6.07, 6.45) is 2.52. The van der Waals surface area contributed by atoms with E-state index < -0.39 is 5.97 Å². The molecule has 5 nitrogen and oxygen atoms in total. The molecule has 0 aromatic heterocycles. The molecule has 0 heterocycles. The summed E-state index contributed by atoms with van der Waals surface area (Å²) >= 11 is 0. The van der Waals surface area contributed by atoms with Crippen LogP contribution in [0.25, 0.3) is 6.08 Å². The van der Waals surface area contributed by atoms with E-state index in [9.17, 15) is 9.59 Å². The lowest BCUT2D eigenvalue weighted by molar-refractivity contribution is -0.131. The number of aliphatic carboxylic acids is 1. The minimum Gasteiger partial charge on any atom is -0.478 e. The van der Waals surface area contributed by atoms with Gasteiger partial charge in [-0.2, -0.15) is 0 Å². The molecule has 0 radical (unpaired) electrons. The minimum absolute atomic E-state index is 0.0556. The topological polar surface area (TPSA) is 78.4 Å². The third kappa shape index (κ3) is 5.16. The smallest absolute Gasteiger partial charge is 0.328 e. The van der Waals surface area contributed by atoms with Crippen molar-refractivity contribution in [2.24, 2.45) is 0 Å². The molecule has 0 bridgehead atoms. The molecule has 0 unspecified atom stereocenters. The van der Waals surface area contributed by atoms with E-state index in [1.54, 1.807) is 24.3 Å². The normalized spacial score (nSPS) is 10.6. The molecule has 5 heteroatoms. The summed E-state index contributed by atoms with van der Waals surface area (Å²) < 4.78 is 0. The van der Waals surface area contributed by atoms with E-state index in [0.29, 0.717) is 11.3 Å². The molecule has 3 N–H and O–H groups in total. The van der Waals surface area contributed by atoms with Gasteiger partial charge in [-0.05, 0) is 37.6 Å². The van der Waals surface area contributed by atoms with Gasteiger partial charge in [0.1, 0.15) is 0 Å². The SMILES string of the molecule is CC(C)NC(=O)Nc1cccc(C=CC(=O)O)c1. The number of anilines is 1. The summed E-state index contributed by atoms with van der Waals surface area (Å²) in [6.45, 7) is 3.73. The number of amides is 2. The second-order valence-corrected chi connectivity index (χ2v) is 4.05. The lowest BCUT2D eigenvalue weighted by Crippen LogP contribution is -2.34. The summed E-state index contributed by atoms with van der Waals surface area (Å²) in [7, 11) is 0. The highest BCUT2D eigenvalue weighted by Gasteiger charge is 2.03. The number of hydrogen-bond acceptors (Lipinski definition) is 2. The number of carboxylic acid groups (broad SMARTS) is 1. The van der Waals surface area contributed by atoms with Gasteiger partial charge in [-0.15, -0.1) is 0 Å². The van der Waals surface area contributed by atoms with Gasteiger partial charge >= 0.3 is 12.0 Å². The van der Waals surface area contributed by atoms with Crippen LogP contribution in [0.3, 0.4) is 0 Å². The van der Waals surface area contributed by atoms with Crippen LogP contribution >= 0.6 is 0 Å². The highest BCUT2D eigenvalue weighted by atomic mass is 16.4. The third-order valence-electron chi connectivity index (χ3n) is 1.98. The van der Waals surface area contributed by atoms with Crippen molar-refractivity contribution in [2.75, 3.05) is 5.32 Å². The second-order valence-electron chi connectivity index (χ2n) is 4.05. The van der Waals surface area contributed by atoms with Crippen LogP contribution < -0.4 is 10.6 Å². The number of benzene rings is 1. The van der Waals surface area contributed by atoms with Gasteiger partial charge in [-0.1, -0.05) is 12.1 Å². The molecule has 18 heavy (non-hydrogen) atoms. The summed E-state index contributed by atoms with van der Waals surface area (Å²) in [5, 5.41) is 13.9. The van der Waals surface area contributed by atoms with Gasteiger partial charge in [0, 0.05) is 17.8 Å². The van der Waals surface area contributed by atoms with Crippen LogP contribution in [0.1, 0.15) is 19.4 Å². The van der Waals surface area contributed by atoms with Gasteiger partial charge in [0.2, 0.25) is 0 Å². The summed E-state index contributed by atoms with van der Waals surface area (Å²) in [5.74, 6) is -1.01. The van der Waals surface area contributed by atoms with Gasteiger partial charge in [-0.3, -0.25) is 0 Å². The maximum absolute atomic E-state index is 11.5. The van der Waals surface area contributed by atoms with E-state index in [0.717, 1.165) is 6.08 Å². The quantitative estimate of drug-likeness (QED) is 0.715. The molecule has 1 aromatic carbocycles. The van der Waals surface area contributed by atoms with Crippen LogP contribution in [0.15, 0.2) is 30.3 Å². The molecule has 0 aliphatic heterocycles. The summed E-state index contributed by atoms with van der Waals surface area (Å²) in [5.41, 5.74) is 1.32. The third-order valence-corrected chi connectivity index (χ3v) is 1.98. The lowest BCUT2D eigenvalue weighted by atomic mass is 10.2. The summed E-state index contributed by atoms with van der Waals surface area (Å²) in [6, 6.07) is 6.69. The Kier molecular flexibility index (Phi) is 4.92. The van der Waals surface area contributed by atoms with Crippen LogP contribution in [-0.2, 0) is 4.79 Å². The summed E-state index contributed by atoms with van der Waals surface area (Å²) in [4.78, 5) is 21.9. The Morgan fingerprint density at radius 1 is 1.33 bits per heavy atom. The minimum atomic E-state index is -1.01. The van der Waals surface area contributed by atoms with Crippen molar-refractivity contribution in [3.63, 3.8) is 0 Å². The number of hydrogen-bond donors (Lipinski definition) is 3. The van der Waals surface area contributed by atoms with Crippen molar-refractivity contribution in [1.82, 2.24) is 5.32 Å². The van der Waals surface area contributed by atoms with E-state index in [-0.39, 0.29) is 12.1 Å². The van der Waals surface area contributed by atoms with Gasteiger partial charge in [-0.25, -0.2) is 9.59 Å². The molecular formula is C13H16N2O3. The Labute approximate surface area is 106 Å². The van der Waals surface area contributed by atoms with Crippen molar-refractivity contribution in [1.29, 1.82) is 0 Å². The molecule has 1 aromatic rings. The molecule has 96 valence electrons. The van der Waals surface area contributed by atoms with Crippen LogP contribution in [0.2, 0.25) is 0 Å². The van der Waals surface area contributed by atoms with Gasteiger partial charge in [0.15, 0.2) is 0 Å². The Hall–Kier alpha value is -2.30. The van der Waals surface area contributed by atoms with E-state index in [1.807, 2.05) is 13.8 Å². The first-order valence-electron chi connectivity index (χ1n) is 5.56. The number of rotatable bonds is 4. The zero-order valence-electron chi connectivity index (χ0n) is 10.3. The van der Waals surface area contributed by atoms with Crippen molar-refractivity contribution < 1.29 is 14.7 Å². The molecule has 0 aliphatic rings. The zero-order chi connectivity index (χ0) is 13.5. The first-order valence-corrected chi connectivity index (χ1v) is 5.56. The molecule has 1 rings (SSSR count). The number of carbonyl (C=O) groups is 2. The standard InChI is InChI=1S/C13H16N2O3/c1-9(2)14-13(18)15-11-5-3-4-10(8-11)6-7-12(16)17/h3-9H,1-2H3,(H,16,17)(H2,14,15,18). The van der Waals surface area contributed by atoms with E-state index >= 15 is 0 Å². The predicted molar refractivity (Wildman–Crippen MR) is 70.4 cm³/mol. The fourth-order valence-corrected chi connectivity index (χ4v) is 1.32. The number of carbonyl (C=O) groups excluding carboxylic acids is 1. The molecule has 0 aliphatic carbocycles. The maximum atomic E-state index is 11.5. The molecule has 0 spiro atoms.